The van der Waals surface area contributed by atoms with Gasteiger partial charge in [-0.25, -0.2) is 8.42 Å². The summed E-state index contributed by atoms with van der Waals surface area (Å²) in [6, 6.07) is 6.98. The number of halogens is 1. The third-order valence-corrected chi connectivity index (χ3v) is 5.84. The quantitative estimate of drug-likeness (QED) is 0.910. The number of sulfone groups is 1. The second-order valence-corrected chi connectivity index (χ2v) is 7.45. The molecule has 0 bridgehead atoms. The van der Waals surface area contributed by atoms with Crippen LogP contribution in [0.5, 0.6) is 0 Å². The molecule has 1 aromatic rings. The smallest absolute Gasteiger partial charge is 0.181 e. The molecule has 1 saturated heterocycles. The zero-order valence-corrected chi connectivity index (χ0v) is 11.9. The Hall–Kier alpha value is -0.390. The van der Waals surface area contributed by atoms with Crippen LogP contribution in [0.2, 0.25) is 0 Å². The molecule has 1 heterocycles. The third-order valence-electron chi connectivity index (χ3n) is 3.09. The highest BCUT2D eigenvalue weighted by Gasteiger charge is 2.27. The fourth-order valence-electron chi connectivity index (χ4n) is 2.13. The van der Waals surface area contributed by atoms with Crippen molar-refractivity contribution in [2.45, 2.75) is 29.4 Å². The van der Waals surface area contributed by atoms with E-state index in [9.17, 15) is 8.42 Å². The van der Waals surface area contributed by atoms with Crippen molar-refractivity contribution >= 4 is 25.8 Å². The number of nitrogens with one attached hydrogen (secondary N) is 1. The molecule has 2 rings (SSSR count). The molecule has 17 heavy (non-hydrogen) atoms. The van der Waals surface area contributed by atoms with Gasteiger partial charge in [-0.15, -0.1) is 0 Å². The second kappa shape index (κ2) is 5.50. The standard InChI is InChI=1S/C12H16BrNO2S/c13-10-3-1-4-12(9-10)17(15,16)11-5-2-7-14-8-6-11/h1,3-4,9,11,14H,2,5-8H2. The summed E-state index contributed by atoms with van der Waals surface area (Å²) in [5.74, 6) is 0. The maximum atomic E-state index is 12.4. The normalized spacial score (nSPS) is 22.1. The van der Waals surface area contributed by atoms with Crippen LogP contribution in [-0.4, -0.2) is 26.8 Å². The van der Waals surface area contributed by atoms with Crippen LogP contribution in [0.15, 0.2) is 33.6 Å². The highest BCUT2D eigenvalue weighted by molar-refractivity contribution is 9.10. The van der Waals surface area contributed by atoms with Crippen LogP contribution in [0.3, 0.4) is 0 Å². The largest absolute Gasteiger partial charge is 0.317 e. The fraction of sp³-hybridized carbons (Fsp3) is 0.500. The van der Waals surface area contributed by atoms with Crippen molar-refractivity contribution in [2.75, 3.05) is 13.1 Å². The van der Waals surface area contributed by atoms with Crippen molar-refractivity contribution in [1.29, 1.82) is 0 Å². The van der Waals surface area contributed by atoms with Gasteiger partial charge in [0.15, 0.2) is 9.84 Å². The molecule has 0 spiro atoms. The van der Waals surface area contributed by atoms with Crippen LogP contribution in [0.4, 0.5) is 0 Å². The number of rotatable bonds is 2. The molecule has 1 atom stereocenters. The van der Waals surface area contributed by atoms with Gasteiger partial charge in [-0.3, -0.25) is 0 Å². The van der Waals surface area contributed by atoms with E-state index < -0.39 is 9.84 Å². The molecule has 0 aromatic heterocycles. The van der Waals surface area contributed by atoms with Crippen molar-refractivity contribution in [1.82, 2.24) is 5.32 Å². The molecule has 1 N–H and O–H groups in total. The van der Waals surface area contributed by atoms with Gasteiger partial charge < -0.3 is 5.32 Å². The van der Waals surface area contributed by atoms with Gasteiger partial charge in [0.2, 0.25) is 0 Å². The van der Waals surface area contributed by atoms with Crippen LogP contribution >= 0.6 is 15.9 Å². The fourth-order valence-corrected chi connectivity index (χ4v) is 4.53. The molecule has 1 fully saturated rings. The average Bonchev–Trinajstić information content (AvgIpc) is 2.58. The van der Waals surface area contributed by atoms with Crippen molar-refractivity contribution in [3.8, 4) is 0 Å². The van der Waals surface area contributed by atoms with E-state index in [2.05, 4.69) is 21.2 Å². The van der Waals surface area contributed by atoms with Gasteiger partial charge in [-0.1, -0.05) is 22.0 Å². The van der Waals surface area contributed by atoms with Crippen LogP contribution in [0, 0.1) is 0 Å². The summed E-state index contributed by atoms with van der Waals surface area (Å²) in [5.41, 5.74) is 0. The van der Waals surface area contributed by atoms with Gasteiger partial charge >= 0.3 is 0 Å². The lowest BCUT2D eigenvalue weighted by molar-refractivity contribution is 0.566. The number of hydrogen-bond donors (Lipinski definition) is 1. The van der Waals surface area contributed by atoms with Gasteiger partial charge in [-0.2, -0.15) is 0 Å². The zero-order chi connectivity index (χ0) is 12.3. The maximum absolute atomic E-state index is 12.4. The van der Waals surface area contributed by atoms with E-state index in [0.717, 1.165) is 30.4 Å². The van der Waals surface area contributed by atoms with Gasteiger partial charge in [-0.05, 0) is 50.6 Å². The maximum Gasteiger partial charge on any atom is 0.181 e. The summed E-state index contributed by atoms with van der Waals surface area (Å²) in [6.07, 6.45) is 2.38. The van der Waals surface area contributed by atoms with Crippen LogP contribution in [0.1, 0.15) is 19.3 Å². The number of hydrogen-bond acceptors (Lipinski definition) is 3. The summed E-state index contributed by atoms with van der Waals surface area (Å²) >= 11 is 3.32. The molecular weight excluding hydrogens is 302 g/mol. The Labute approximate surface area is 111 Å². The van der Waals surface area contributed by atoms with E-state index in [1.165, 1.54) is 0 Å². The van der Waals surface area contributed by atoms with E-state index in [4.69, 9.17) is 0 Å². The first-order chi connectivity index (χ1) is 8.10. The molecular formula is C12H16BrNO2S. The second-order valence-electron chi connectivity index (χ2n) is 4.31. The molecule has 3 nitrogen and oxygen atoms in total. The minimum Gasteiger partial charge on any atom is -0.317 e. The molecule has 1 aromatic carbocycles. The Balaban J connectivity index is 2.28. The van der Waals surface area contributed by atoms with Crippen LogP contribution in [-0.2, 0) is 9.84 Å². The zero-order valence-electron chi connectivity index (χ0n) is 9.52. The van der Waals surface area contributed by atoms with Gasteiger partial charge in [0.25, 0.3) is 0 Å². The van der Waals surface area contributed by atoms with Gasteiger partial charge in [0.1, 0.15) is 0 Å². The van der Waals surface area contributed by atoms with Crippen molar-refractivity contribution < 1.29 is 8.42 Å². The first-order valence-corrected chi connectivity index (χ1v) is 8.15. The predicted octanol–water partition coefficient (Wildman–Crippen LogP) is 2.36. The Morgan fingerprint density at radius 2 is 2.06 bits per heavy atom. The highest BCUT2D eigenvalue weighted by atomic mass is 79.9. The lowest BCUT2D eigenvalue weighted by atomic mass is 10.2. The van der Waals surface area contributed by atoms with E-state index >= 15 is 0 Å². The Morgan fingerprint density at radius 3 is 2.82 bits per heavy atom. The molecule has 1 aliphatic heterocycles. The molecule has 1 unspecified atom stereocenters. The predicted molar refractivity (Wildman–Crippen MR) is 71.8 cm³/mol. The van der Waals surface area contributed by atoms with Crippen molar-refractivity contribution in [2.24, 2.45) is 0 Å². The Bertz CT molecular complexity index is 479. The number of benzene rings is 1. The molecule has 0 amide bonds. The SMILES string of the molecule is O=S(=O)(c1cccc(Br)c1)C1CCCNCC1. The molecule has 0 saturated carbocycles. The minimum absolute atomic E-state index is 0.244. The third kappa shape index (κ3) is 3.09. The molecule has 5 heteroatoms. The lowest BCUT2D eigenvalue weighted by Crippen LogP contribution is -2.23. The molecule has 0 aliphatic carbocycles. The van der Waals surface area contributed by atoms with E-state index in [0.29, 0.717) is 11.3 Å². The summed E-state index contributed by atoms with van der Waals surface area (Å²) in [4.78, 5) is 0.429. The van der Waals surface area contributed by atoms with Crippen molar-refractivity contribution in [3.63, 3.8) is 0 Å². The first-order valence-electron chi connectivity index (χ1n) is 5.81. The minimum atomic E-state index is -3.18. The lowest BCUT2D eigenvalue weighted by Gasteiger charge is -2.15. The monoisotopic (exact) mass is 317 g/mol. The highest BCUT2D eigenvalue weighted by Crippen LogP contribution is 2.25. The molecule has 0 radical (unpaired) electrons. The topological polar surface area (TPSA) is 46.2 Å². The van der Waals surface area contributed by atoms with Gasteiger partial charge in [0.05, 0.1) is 10.1 Å². The van der Waals surface area contributed by atoms with E-state index in [-0.39, 0.29) is 5.25 Å². The van der Waals surface area contributed by atoms with E-state index in [1.54, 1.807) is 18.2 Å². The molecule has 94 valence electrons. The van der Waals surface area contributed by atoms with Crippen LogP contribution in [0.25, 0.3) is 0 Å². The Morgan fingerprint density at radius 1 is 1.24 bits per heavy atom. The average molecular weight is 318 g/mol. The van der Waals surface area contributed by atoms with Crippen molar-refractivity contribution in [3.05, 3.63) is 28.7 Å². The summed E-state index contributed by atoms with van der Waals surface area (Å²) in [6.45, 7) is 1.71. The summed E-state index contributed by atoms with van der Waals surface area (Å²) < 4.78 is 25.7. The summed E-state index contributed by atoms with van der Waals surface area (Å²) in [7, 11) is -3.18. The summed E-state index contributed by atoms with van der Waals surface area (Å²) in [5, 5.41) is 2.99. The Kier molecular flexibility index (Phi) is 4.22. The first kappa shape index (κ1) is 13.1. The van der Waals surface area contributed by atoms with Crippen LogP contribution < -0.4 is 5.32 Å². The van der Waals surface area contributed by atoms with Gasteiger partial charge in [0, 0.05) is 4.47 Å². The van der Waals surface area contributed by atoms with E-state index in [1.807, 2.05) is 6.07 Å². The molecule has 1 aliphatic rings.